The maximum absolute atomic E-state index is 12.1. The van der Waals surface area contributed by atoms with E-state index in [-0.39, 0.29) is 24.0 Å². The Hall–Kier alpha value is -0.610. The monoisotopic (exact) mass is 228 g/mol. The second kappa shape index (κ2) is 6.21. The van der Waals surface area contributed by atoms with Gasteiger partial charge in [-0.1, -0.05) is 13.8 Å². The molecule has 1 saturated heterocycles. The molecule has 0 spiro atoms. The van der Waals surface area contributed by atoms with Gasteiger partial charge in [-0.05, 0) is 20.4 Å². The molecule has 4 heteroatoms. The first-order valence-electron chi connectivity index (χ1n) is 6.19. The maximum atomic E-state index is 12.1. The molecule has 1 N–H and O–H groups in total. The fourth-order valence-corrected chi connectivity index (χ4v) is 2.12. The van der Waals surface area contributed by atoms with Crippen LogP contribution in [0.1, 0.15) is 27.7 Å². The molecule has 16 heavy (non-hydrogen) atoms. The molecule has 0 saturated carbocycles. The van der Waals surface area contributed by atoms with Crippen LogP contribution in [-0.4, -0.2) is 49.2 Å². The normalized spacial score (nSPS) is 27.9. The minimum Gasteiger partial charge on any atom is -0.372 e. The Bertz CT molecular complexity index is 223. The van der Waals surface area contributed by atoms with Crippen LogP contribution in [0.5, 0.6) is 0 Å². The van der Waals surface area contributed by atoms with Crippen molar-refractivity contribution in [1.29, 1.82) is 0 Å². The first kappa shape index (κ1) is 13.5. The summed E-state index contributed by atoms with van der Waals surface area (Å²) < 4.78 is 5.62. The van der Waals surface area contributed by atoms with Crippen LogP contribution < -0.4 is 5.32 Å². The van der Waals surface area contributed by atoms with Crippen LogP contribution in [0.3, 0.4) is 0 Å². The van der Waals surface area contributed by atoms with Gasteiger partial charge in [0.2, 0.25) is 5.91 Å². The van der Waals surface area contributed by atoms with Crippen molar-refractivity contribution in [1.82, 2.24) is 10.2 Å². The summed E-state index contributed by atoms with van der Waals surface area (Å²) in [6, 6.07) is 0. The number of hydrogen-bond acceptors (Lipinski definition) is 3. The van der Waals surface area contributed by atoms with Crippen molar-refractivity contribution in [3.8, 4) is 0 Å². The molecule has 0 aromatic carbocycles. The summed E-state index contributed by atoms with van der Waals surface area (Å²) in [5, 5.41) is 3.21. The van der Waals surface area contributed by atoms with Crippen LogP contribution in [0.15, 0.2) is 0 Å². The highest BCUT2D eigenvalue weighted by Crippen LogP contribution is 2.13. The second-order valence-electron chi connectivity index (χ2n) is 4.71. The number of hydrogen-bond donors (Lipinski definition) is 1. The summed E-state index contributed by atoms with van der Waals surface area (Å²) in [5.74, 6) is 0.292. The van der Waals surface area contributed by atoms with Crippen LogP contribution in [0.4, 0.5) is 0 Å². The molecule has 1 aliphatic heterocycles. The number of nitrogens with zero attached hydrogens (tertiary/aromatic N) is 1. The van der Waals surface area contributed by atoms with Gasteiger partial charge in [0.1, 0.15) is 0 Å². The molecular formula is C12H24N2O2. The van der Waals surface area contributed by atoms with Crippen LogP contribution in [0.25, 0.3) is 0 Å². The second-order valence-corrected chi connectivity index (χ2v) is 4.71. The summed E-state index contributed by atoms with van der Waals surface area (Å²) in [6.07, 6.45) is 0.304. The van der Waals surface area contributed by atoms with Gasteiger partial charge in [0.25, 0.3) is 0 Å². The van der Waals surface area contributed by atoms with Crippen molar-refractivity contribution in [3.63, 3.8) is 0 Å². The molecule has 0 aromatic heterocycles. The fourth-order valence-electron chi connectivity index (χ4n) is 2.12. The number of carbonyl (C=O) groups excluding carboxylic acids is 1. The molecule has 1 fully saturated rings. The van der Waals surface area contributed by atoms with Gasteiger partial charge in [0.15, 0.2) is 0 Å². The Morgan fingerprint density at radius 3 is 2.50 bits per heavy atom. The van der Waals surface area contributed by atoms with Gasteiger partial charge in [-0.15, -0.1) is 0 Å². The first-order chi connectivity index (χ1) is 7.54. The topological polar surface area (TPSA) is 41.6 Å². The molecule has 1 heterocycles. The van der Waals surface area contributed by atoms with E-state index in [2.05, 4.69) is 12.2 Å². The van der Waals surface area contributed by atoms with E-state index >= 15 is 0 Å². The lowest BCUT2D eigenvalue weighted by Gasteiger charge is -2.36. The van der Waals surface area contributed by atoms with E-state index in [0.717, 1.165) is 26.2 Å². The maximum Gasteiger partial charge on any atom is 0.226 e. The molecule has 3 atom stereocenters. The Morgan fingerprint density at radius 2 is 2.00 bits per heavy atom. The van der Waals surface area contributed by atoms with Gasteiger partial charge in [-0.25, -0.2) is 0 Å². The SMILES string of the molecule is CCNCC(C)C(=O)N1C[C@@H](C)O[C@@H](C)C1. The van der Waals surface area contributed by atoms with Crippen LogP contribution in [0, 0.1) is 5.92 Å². The van der Waals surface area contributed by atoms with Crippen molar-refractivity contribution in [2.75, 3.05) is 26.2 Å². The Labute approximate surface area is 98.3 Å². The molecule has 1 amide bonds. The predicted molar refractivity (Wildman–Crippen MR) is 64.3 cm³/mol. The lowest BCUT2D eigenvalue weighted by molar-refractivity contribution is -0.146. The molecular weight excluding hydrogens is 204 g/mol. The summed E-state index contributed by atoms with van der Waals surface area (Å²) in [5.41, 5.74) is 0. The van der Waals surface area contributed by atoms with Gasteiger partial charge in [0.05, 0.1) is 12.2 Å². The third-order valence-electron chi connectivity index (χ3n) is 2.85. The highest BCUT2D eigenvalue weighted by atomic mass is 16.5. The van der Waals surface area contributed by atoms with Crippen molar-refractivity contribution in [3.05, 3.63) is 0 Å². The first-order valence-corrected chi connectivity index (χ1v) is 6.19. The number of nitrogens with one attached hydrogen (secondary N) is 1. The van der Waals surface area contributed by atoms with E-state index in [1.807, 2.05) is 25.7 Å². The lowest BCUT2D eigenvalue weighted by Crippen LogP contribution is -2.50. The summed E-state index contributed by atoms with van der Waals surface area (Å²) in [7, 11) is 0. The minimum absolute atomic E-state index is 0.0532. The molecule has 94 valence electrons. The zero-order chi connectivity index (χ0) is 12.1. The van der Waals surface area contributed by atoms with Crippen LogP contribution in [0.2, 0.25) is 0 Å². The average molecular weight is 228 g/mol. The number of carbonyl (C=O) groups is 1. The van der Waals surface area contributed by atoms with Gasteiger partial charge in [-0.2, -0.15) is 0 Å². The highest BCUT2D eigenvalue weighted by molar-refractivity contribution is 5.78. The van der Waals surface area contributed by atoms with Crippen molar-refractivity contribution in [2.45, 2.75) is 39.9 Å². The van der Waals surface area contributed by atoms with Crippen molar-refractivity contribution >= 4 is 5.91 Å². The van der Waals surface area contributed by atoms with E-state index in [1.165, 1.54) is 0 Å². The molecule has 1 unspecified atom stereocenters. The minimum atomic E-state index is 0.0532. The highest BCUT2D eigenvalue weighted by Gasteiger charge is 2.28. The van der Waals surface area contributed by atoms with Crippen molar-refractivity contribution < 1.29 is 9.53 Å². The Balaban J connectivity index is 2.45. The number of amides is 1. The van der Waals surface area contributed by atoms with Crippen LogP contribution in [-0.2, 0) is 9.53 Å². The van der Waals surface area contributed by atoms with Gasteiger partial charge < -0.3 is 15.0 Å². The number of rotatable bonds is 4. The third-order valence-corrected chi connectivity index (χ3v) is 2.85. The molecule has 0 radical (unpaired) electrons. The van der Waals surface area contributed by atoms with Gasteiger partial charge in [0, 0.05) is 25.6 Å². The van der Waals surface area contributed by atoms with E-state index in [4.69, 9.17) is 4.74 Å². The van der Waals surface area contributed by atoms with Crippen LogP contribution >= 0.6 is 0 Å². The summed E-state index contributed by atoms with van der Waals surface area (Å²) >= 11 is 0. The Kier molecular flexibility index (Phi) is 5.22. The zero-order valence-corrected chi connectivity index (χ0v) is 10.8. The standard InChI is InChI=1S/C12H24N2O2/c1-5-13-6-9(2)12(15)14-7-10(3)16-11(4)8-14/h9-11,13H,5-8H2,1-4H3/t9?,10-,11+. The quantitative estimate of drug-likeness (QED) is 0.776. The van der Waals surface area contributed by atoms with E-state index in [9.17, 15) is 4.79 Å². The molecule has 1 rings (SSSR count). The Morgan fingerprint density at radius 1 is 1.44 bits per heavy atom. The molecule has 1 aliphatic rings. The zero-order valence-electron chi connectivity index (χ0n) is 10.8. The average Bonchev–Trinajstić information content (AvgIpc) is 2.23. The van der Waals surface area contributed by atoms with E-state index in [1.54, 1.807) is 0 Å². The summed E-state index contributed by atoms with van der Waals surface area (Å²) in [6.45, 7) is 11.2. The molecule has 4 nitrogen and oxygen atoms in total. The smallest absolute Gasteiger partial charge is 0.226 e. The molecule has 0 bridgehead atoms. The third kappa shape index (κ3) is 3.76. The lowest BCUT2D eigenvalue weighted by atomic mass is 10.1. The van der Waals surface area contributed by atoms with E-state index in [0.29, 0.717) is 0 Å². The fraction of sp³-hybridized carbons (Fsp3) is 0.917. The van der Waals surface area contributed by atoms with Crippen molar-refractivity contribution in [2.24, 2.45) is 5.92 Å². The molecule has 0 aliphatic carbocycles. The summed E-state index contributed by atoms with van der Waals surface area (Å²) in [4.78, 5) is 14.1. The molecule has 0 aromatic rings. The number of ether oxygens (including phenoxy) is 1. The van der Waals surface area contributed by atoms with Gasteiger partial charge >= 0.3 is 0 Å². The van der Waals surface area contributed by atoms with E-state index < -0.39 is 0 Å². The number of morpholine rings is 1. The largest absolute Gasteiger partial charge is 0.372 e. The predicted octanol–water partition coefficient (Wildman–Crippen LogP) is 0.868. The van der Waals surface area contributed by atoms with Gasteiger partial charge in [-0.3, -0.25) is 4.79 Å².